The summed E-state index contributed by atoms with van der Waals surface area (Å²) in [6, 6.07) is 6.35. The molecule has 0 aliphatic rings. The van der Waals surface area contributed by atoms with E-state index in [4.69, 9.17) is 0 Å². The quantitative estimate of drug-likeness (QED) is 0.460. The largest absolute Gasteiger partial charge is 0.550 e. The summed E-state index contributed by atoms with van der Waals surface area (Å²) in [6.07, 6.45) is 12.7. The molecule has 20 heavy (non-hydrogen) atoms. The molecule has 0 N–H and O–H groups in total. The first-order valence-electron chi connectivity index (χ1n) is 7.83. The molecule has 0 aromatic carbocycles. The van der Waals surface area contributed by atoms with Crippen molar-refractivity contribution < 1.29 is 14.5 Å². The zero-order valence-corrected chi connectivity index (χ0v) is 12.6. The van der Waals surface area contributed by atoms with Crippen LogP contribution in [0.3, 0.4) is 0 Å². The molecule has 0 fully saturated rings. The third kappa shape index (κ3) is 7.93. The predicted molar refractivity (Wildman–Crippen MR) is 77.9 cm³/mol. The third-order valence-corrected chi connectivity index (χ3v) is 3.73. The Morgan fingerprint density at radius 2 is 1.60 bits per heavy atom. The highest BCUT2D eigenvalue weighted by Gasteiger charge is 2.03. The van der Waals surface area contributed by atoms with E-state index in [0.717, 1.165) is 25.7 Å². The van der Waals surface area contributed by atoms with Crippen LogP contribution >= 0.6 is 0 Å². The second kappa shape index (κ2) is 10.4. The van der Waals surface area contributed by atoms with E-state index in [9.17, 15) is 9.90 Å². The van der Waals surface area contributed by atoms with Gasteiger partial charge in [-0.05, 0) is 19.3 Å². The van der Waals surface area contributed by atoms with E-state index < -0.39 is 5.97 Å². The number of hydrogen-bond donors (Lipinski definition) is 0. The lowest BCUT2D eigenvalue weighted by Crippen LogP contribution is -2.32. The first-order chi connectivity index (χ1) is 9.70. The number of carboxylic acid groups (broad SMARTS) is 1. The summed E-state index contributed by atoms with van der Waals surface area (Å²) in [5.74, 6) is -0.918. The summed E-state index contributed by atoms with van der Waals surface area (Å²) in [6.45, 7) is 0. The molecule has 0 amide bonds. The van der Waals surface area contributed by atoms with Crippen LogP contribution in [0.1, 0.15) is 63.5 Å². The van der Waals surface area contributed by atoms with Gasteiger partial charge in [0.05, 0.1) is 0 Å². The molecule has 0 unspecified atom stereocenters. The standard InChI is InChI=1S/C17H27NO2/c1-18-15-11-10-13-16(18)12-8-6-4-2-3-5-7-9-14-17(19)20/h10-11,13,15H,2-9,12,14H2,1H3. The number of carboxylic acids is 1. The number of rotatable bonds is 11. The maximum Gasteiger partial charge on any atom is 0.181 e. The Bertz CT molecular complexity index is 390. The topological polar surface area (TPSA) is 44.0 Å². The molecule has 0 bridgehead atoms. The fourth-order valence-electron chi connectivity index (χ4n) is 2.45. The molecule has 1 aromatic rings. The smallest absolute Gasteiger partial charge is 0.181 e. The van der Waals surface area contributed by atoms with E-state index in [1.807, 2.05) is 0 Å². The zero-order valence-electron chi connectivity index (χ0n) is 12.6. The molecule has 0 saturated heterocycles. The summed E-state index contributed by atoms with van der Waals surface area (Å²) in [5, 5.41) is 10.2. The van der Waals surface area contributed by atoms with Crippen LogP contribution in [-0.2, 0) is 18.3 Å². The molecule has 0 saturated carbocycles. The van der Waals surface area contributed by atoms with Crippen molar-refractivity contribution in [3.63, 3.8) is 0 Å². The Kier molecular flexibility index (Phi) is 8.68. The summed E-state index contributed by atoms with van der Waals surface area (Å²) >= 11 is 0. The summed E-state index contributed by atoms with van der Waals surface area (Å²) in [4.78, 5) is 10.2. The van der Waals surface area contributed by atoms with Crippen LogP contribution in [0.15, 0.2) is 24.4 Å². The maximum absolute atomic E-state index is 10.2. The van der Waals surface area contributed by atoms with Crippen LogP contribution < -0.4 is 9.67 Å². The van der Waals surface area contributed by atoms with Gasteiger partial charge < -0.3 is 9.90 Å². The minimum absolute atomic E-state index is 0.216. The molecule has 0 radical (unpaired) electrons. The fraction of sp³-hybridized carbons (Fsp3) is 0.647. The van der Waals surface area contributed by atoms with E-state index in [0.29, 0.717) is 0 Å². The molecule has 3 nitrogen and oxygen atoms in total. The Morgan fingerprint density at radius 1 is 1.00 bits per heavy atom. The third-order valence-electron chi connectivity index (χ3n) is 3.73. The summed E-state index contributed by atoms with van der Waals surface area (Å²) < 4.78 is 2.19. The molecule has 1 heterocycles. The molecule has 0 aliphatic carbocycles. The van der Waals surface area contributed by atoms with Crippen LogP contribution in [0, 0.1) is 0 Å². The minimum atomic E-state index is -0.918. The van der Waals surface area contributed by atoms with E-state index in [1.54, 1.807) is 0 Å². The lowest BCUT2D eigenvalue weighted by Gasteiger charge is -2.03. The summed E-state index contributed by atoms with van der Waals surface area (Å²) in [7, 11) is 2.10. The van der Waals surface area contributed by atoms with Crippen molar-refractivity contribution in [3.8, 4) is 0 Å². The van der Waals surface area contributed by atoms with Gasteiger partial charge in [0.15, 0.2) is 11.9 Å². The van der Waals surface area contributed by atoms with Crippen molar-refractivity contribution in [2.45, 2.75) is 64.2 Å². The van der Waals surface area contributed by atoms with Gasteiger partial charge in [0.2, 0.25) is 0 Å². The van der Waals surface area contributed by atoms with Gasteiger partial charge >= 0.3 is 0 Å². The molecule has 3 heteroatoms. The second-order valence-electron chi connectivity index (χ2n) is 5.50. The molecule has 1 aromatic heterocycles. The van der Waals surface area contributed by atoms with E-state index in [-0.39, 0.29) is 6.42 Å². The number of aliphatic carboxylic acids is 1. The zero-order chi connectivity index (χ0) is 14.6. The van der Waals surface area contributed by atoms with Gasteiger partial charge in [-0.1, -0.05) is 44.6 Å². The number of pyridine rings is 1. The van der Waals surface area contributed by atoms with Gasteiger partial charge in [0.25, 0.3) is 0 Å². The van der Waals surface area contributed by atoms with Crippen molar-refractivity contribution in [1.82, 2.24) is 0 Å². The first-order valence-corrected chi connectivity index (χ1v) is 7.83. The fourth-order valence-corrected chi connectivity index (χ4v) is 2.45. The molecule has 0 aliphatic heterocycles. The van der Waals surface area contributed by atoms with Gasteiger partial charge in [0.1, 0.15) is 7.05 Å². The Hall–Kier alpha value is -1.38. The van der Waals surface area contributed by atoms with E-state index in [1.165, 1.54) is 37.8 Å². The molecule has 1 rings (SSSR count). The minimum Gasteiger partial charge on any atom is -0.550 e. The number of hydrogen-bond acceptors (Lipinski definition) is 2. The monoisotopic (exact) mass is 277 g/mol. The van der Waals surface area contributed by atoms with Crippen LogP contribution in [0.4, 0.5) is 0 Å². The second-order valence-corrected chi connectivity index (χ2v) is 5.50. The Labute approximate surface area is 122 Å². The van der Waals surface area contributed by atoms with Gasteiger partial charge in [-0.15, -0.1) is 0 Å². The molecular weight excluding hydrogens is 250 g/mol. The number of unbranched alkanes of at least 4 members (excludes halogenated alkanes) is 7. The average Bonchev–Trinajstić information content (AvgIpc) is 2.42. The molecular formula is C17H27NO2. The highest BCUT2D eigenvalue weighted by molar-refractivity contribution is 5.63. The van der Waals surface area contributed by atoms with Gasteiger partial charge in [0, 0.05) is 24.5 Å². The number of carbonyl (C=O) groups excluding carboxylic acids is 1. The highest BCUT2D eigenvalue weighted by Crippen LogP contribution is 2.10. The Balaban J connectivity index is 1.90. The number of carbonyl (C=O) groups is 1. The normalized spacial score (nSPS) is 10.7. The lowest BCUT2D eigenvalue weighted by atomic mass is 10.1. The molecule has 0 spiro atoms. The highest BCUT2D eigenvalue weighted by atomic mass is 16.4. The van der Waals surface area contributed by atoms with Gasteiger partial charge in [-0.3, -0.25) is 0 Å². The van der Waals surface area contributed by atoms with Crippen LogP contribution in [0.5, 0.6) is 0 Å². The maximum atomic E-state index is 10.2. The SMILES string of the molecule is C[n+]1ccccc1CCCCCCCCCCC(=O)[O-]. The van der Waals surface area contributed by atoms with Crippen LogP contribution in [0.25, 0.3) is 0 Å². The first kappa shape index (κ1) is 16.7. The number of aryl methyl sites for hydroxylation is 2. The van der Waals surface area contributed by atoms with Gasteiger partial charge in [-0.2, -0.15) is 0 Å². The van der Waals surface area contributed by atoms with Crippen molar-refractivity contribution in [2.24, 2.45) is 7.05 Å². The van der Waals surface area contributed by atoms with Crippen LogP contribution in [0.2, 0.25) is 0 Å². The van der Waals surface area contributed by atoms with Gasteiger partial charge in [-0.25, -0.2) is 4.57 Å². The Morgan fingerprint density at radius 3 is 2.20 bits per heavy atom. The molecule has 0 atom stereocenters. The average molecular weight is 277 g/mol. The molecule has 112 valence electrons. The van der Waals surface area contributed by atoms with Crippen molar-refractivity contribution >= 4 is 5.97 Å². The number of aromatic nitrogens is 1. The van der Waals surface area contributed by atoms with Crippen molar-refractivity contribution in [3.05, 3.63) is 30.1 Å². The van der Waals surface area contributed by atoms with Crippen molar-refractivity contribution in [2.75, 3.05) is 0 Å². The van der Waals surface area contributed by atoms with Crippen molar-refractivity contribution in [1.29, 1.82) is 0 Å². The summed E-state index contributed by atoms with van der Waals surface area (Å²) in [5.41, 5.74) is 1.40. The van der Waals surface area contributed by atoms with Crippen LogP contribution in [-0.4, -0.2) is 5.97 Å². The van der Waals surface area contributed by atoms with E-state index >= 15 is 0 Å². The predicted octanol–water partition coefficient (Wildman–Crippen LogP) is 2.31. The lowest BCUT2D eigenvalue weighted by molar-refractivity contribution is -0.679. The number of nitrogens with zero attached hydrogens (tertiary/aromatic N) is 1. The van der Waals surface area contributed by atoms with E-state index in [2.05, 4.69) is 36.0 Å².